The predicted octanol–water partition coefficient (Wildman–Crippen LogP) is 3.73. The van der Waals surface area contributed by atoms with Crippen LogP contribution < -0.4 is 10.6 Å². The maximum absolute atomic E-state index is 12.6. The van der Waals surface area contributed by atoms with Gasteiger partial charge in [0.05, 0.1) is 6.54 Å². The van der Waals surface area contributed by atoms with Crippen molar-refractivity contribution in [2.75, 3.05) is 26.2 Å². The zero-order valence-corrected chi connectivity index (χ0v) is 16.8. The summed E-state index contributed by atoms with van der Waals surface area (Å²) in [7, 11) is 0. The van der Waals surface area contributed by atoms with Crippen LogP contribution in [0, 0.1) is 0 Å². The molecule has 0 aromatic carbocycles. The van der Waals surface area contributed by atoms with Crippen LogP contribution >= 0.6 is 11.3 Å². The lowest BCUT2D eigenvalue weighted by atomic mass is 10.2. The maximum atomic E-state index is 12.6. The van der Waals surface area contributed by atoms with E-state index in [9.17, 15) is 13.2 Å². The Balaban J connectivity index is 2.53. The molecule has 1 aromatic heterocycles. The molecular formula is C17H30F3N5S. The Hall–Kier alpha value is -1.35. The minimum absolute atomic E-state index is 0.127. The molecule has 0 fully saturated rings. The summed E-state index contributed by atoms with van der Waals surface area (Å²) in [4.78, 5) is 10.3. The molecule has 0 radical (unpaired) electrons. The fraction of sp³-hybridized carbons (Fsp3) is 0.765. The number of nitrogens with zero attached hydrogens (tertiary/aromatic N) is 3. The molecule has 0 aliphatic rings. The third kappa shape index (κ3) is 8.35. The van der Waals surface area contributed by atoms with Crippen molar-refractivity contribution in [3.05, 3.63) is 16.1 Å². The van der Waals surface area contributed by atoms with E-state index in [1.165, 1.54) is 0 Å². The van der Waals surface area contributed by atoms with Gasteiger partial charge in [-0.3, -0.25) is 0 Å². The SMILES string of the molecule is CCNC(=NCc1nc(C(F)(F)F)cs1)NC(C)CCCN(CC)CC. The van der Waals surface area contributed by atoms with Gasteiger partial charge < -0.3 is 15.5 Å². The van der Waals surface area contributed by atoms with Gasteiger partial charge in [0.25, 0.3) is 0 Å². The van der Waals surface area contributed by atoms with Gasteiger partial charge in [-0.1, -0.05) is 13.8 Å². The summed E-state index contributed by atoms with van der Waals surface area (Å²) >= 11 is 0.978. The number of rotatable bonds is 10. The molecule has 0 saturated heterocycles. The lowest BCUT2D eigenvalue weighted by molar-refractivity contribution is -0.140. The van der Waals surface area contributed by atoms with Crippen LogP contribution in [0.1, 0.15) is 51.2 Å². The number of nitrogens with one attached hydrogen (secondary N) is 2. The highest BCUT2D eigenvalue weighted by Crippen LogP contribution is 2.30. The third-order valence-electron chi connectivity index (χ3n) is 3.95. The van der Waals surface area contributed by atoms with Crippen LogP contribution in [-0.2, 0) is 12.7 Å². The number of aromatic nitrogens is 1. The molecule has 1 rings (SSSR count). The third-order valence-corrected chi connectivity index (χ3v) is 4.78. The van der Waals surface area contributed by atoms with Crippen LogP contribution in [0.4, 0.5) is 13.2 Å². The summed E-state index contributed by atoms with van der Waals surface area (Å²) < 4.78 is 37.8. The van der Waals surface area contributed by atoms with E-state index in [0.29, 0.717) is 17.5 Å². The van der Waals surface area contributed by atoms with Gasteiger partial charge in [-0.2, -0.15) is 13.2 Å². The van der Waals surface area contributed by atoms with Gasteiger partial charge in [0, 0.05) is 18.0 Å². The second kappa shape index (κ2) is 11.4. The number of aliphatic imine (C=N–C) groups is 1. The van der Waals surface area contributed by atoms with E-state index in [2.05, 4.69) is 46.3 Å². The fourth-order valence-corrected chi connectivity index (χ4v) is 3.17. The Morgan fingerprint density at radius 3 is 2.54 bits per heavy atom. The van der Waals surface area contributed by atoms with Crippen molar-refractivity contribution in [2.45, 2.75) is 59.3 Å². The Labute approximate surface area is 158 Å². The molecule has 1 heterocycles. The van der Waals surface area contributed by atoms with Crippen molar-refractivity contribution >= 4 is 17.3 Å². The molecule has 0 amide bonds. The molecule has 0 spiro atoms. The van der Waals surface area contributed by atoms with Crippen molar-refractivity contribution in [3.8, 4) is 0 Å². The van der Waals surface area contributed by atoms with Crippen molar-refractivity contribution in [1.29, 1.82) is 0 Å². The Morgan fingerprint density at radius 1 is 1.31 bits per heavy atom. The van der Waals surface area contributed by atoms with Crippen LogP contribution in [-0.4, -0.2) is 48.1 Å². The standard InChI is InChI=1S/C17H30F3N5S/c1-5-21-16(23-13(4)9-8-10-25(6-2)7-3)22-11-15-24-14(12-26-15)17(18,19)20/h12-13H,5-11H2,1-4H3,(H2,21,22,23). The summed E-state index contributed by atoms with van der Waals surface area (Å²) in [5.41, 5.74) is -0.851. The summed E-state index contributed by atoms with van der Waals surface area (Å²) in [5, 5.41) is 7.81. The highest BCUT2D eigenvalue weighted by atomic mass is 32.1. The highest BCUT2D eigenvalue weighted by molar-refractivity contribution is 7.09. The molecule has 5 nitrogen and oxygen atoms in total. The van der Waals surface area contributed by atoms with Crippen LogP contribution in [0.25, 0.3) is 0 Å². The number of alkyl halides is 3. The van der Waals surface area contributed by atoms with E-state index in [-0.39, 0.29) is 12.6 Å². The first kappa shape index (κ1) is 22.7. The van der Waals surface area contributed by atoms with Gasteiger partial charge in [-0.15, -0.1) is 11.3 Å². The minimum atomic E-state index is -4.40. The number of halogens is 3. The second-order valence-electron chi connectivity index (χ2n) is 6.03. The summed E-state index contributed by atoms with van der Waals surface area (Å²) in [6, 6.07) is 0.227. The Morgan fingerprint density at radius 2 is 2.00 bits per heavy atom. The molecule has 9 heteroatoms. The van der Waals surface area contributed by atoms with Crippen molar-refractivity contribution in [3.63, 3.8) is 0 Å². The molecular weight excluding hydrogens is 363 g/mol. The molecule has 1 unspecified atom stereocenters. The van der Waals surface area contributed by atoms with Crippen molar-refractivity contribution in [1.82, 2.24) is 20.5 Å². The van der Waals surface area contributed by atoms with Crippen LogP contribution in [0.15, 0.2) is 10.4 Å². The normalized spacial score (nSPS) is 13.9. The van der Waals surface area contributed by atoms with Crippen molar-refractivity contribution in [2.24, 2.45) is 4.99 Å². The van der Waals surface area contributed by atoms with Gasteiger partial charge in [-0.05, 0) is 46.3 Å². The topological polar surface area (TPSA) is 52.6 Å². The molecule has 1 aromatic rings. The average molecular weight is 394 g/mol. The largest absolute Gasteiger partial charge is 0.434 e. The number of guanidine groups is 1. The summed E-state index contributed by atoms with van der Waals surface area (Å²) in [6.45, 7) is 12.3. The number of hydrogen-bond donors (Lipinski definition) is 2. The smallest absolute Gasteiger partial charge is 0.357 e. The second-order valence-corrected chi connectivity index (χ2v) is 6.98. The van der Waals surface area contributed by atoms with Gasteiger partial charge in [0.2, 0.25) is 0 Å². The molecule has 2 N–H and O–H groups in total. The average Bonchev–Trinajstić information content (AvgIpc) is 3.06. The van der Waals surface area contributed by atoms with Gasteiger partial charge >= 0.3 is 6.18 Å². The maximum Gasteiger partial charge on any atom is 0.434 e. The van der Waals surface area contributed by atoms with E-state index in [1.807, 2.05) is 6.92 Å². The molecule has 0 aliphatic carbocycles. The number of thiazole rings is 1. The van der Waals surface area contributed by atoms with Crippen LogP contribution in [0.5, 0.6) is 0 Å². The zero-order valence-electron chi connectivity index (χ0n) is 16.0. The first-order valence-corrected chi connectivity index (χ1v) is 9.96. The van der Waals surface area contributed by atoms with Crippen LogP contribution in [0.2, 0.25) is 0 Å². The molecule has 0 aliphatic heterocycles. The Bertz CT molecular complexity index is 541. The lowest BCUT2D eigenvalue weighted by Gasteiger charge is -2.21. The van der Waals surface area contributed by atoms with Gasteiger partial charge in [-0.25, -0.2) is 9.98 Å². The van der Waals surface area contributed by atoms with Crippen molar-refractivity contribution < 1.29 is 13.2 Å². The number of hydrogen-bond acceptors (Lipinski definition) is 4. The van der Waals surface area contributed by atoms with Crippen LogP contribution in [0.3, 0.4) is 0 Å². The monoisotopic (exact) mass is 393 g/mol. The summed E-state index contributed by atoms with van der Waals surface area (Å²) in [6.07, 6.45) is -2.33. The molecule has 0 bridgehead atoms. The highest BCUT2D eigenvalue weighted by Gasteiger charge is 2.33. The fourth-order valence-electron chi connectivity index (χ4n) is 2.45. The predicted molar refractivity (Wildman–Crippen MR) is 102 cm³/mol. The van der Waals surface area contributed by atoms with Gasteiger partial charge in [0.1, 0.15) is 5.01 Å². The molecule has 0 saturated carbocycles. The van der Waals surface area contributed by atoms with E-state index < -0.39 is 11.9 Å². The Kier molecular flexibility index (Phi) is 9.93. The molecule has 26 heavy (non-hydrogen) atoms. The van der Waals surface area contributed by atoms with E-state index in [4.69, 9.17) is 0 Å². The first-order chi connectivity index (χ1) is 12.3. The molecule has 150 valence electrons. The van der Waals surface area contributed by atoms with E-state index in [1.54, 1.807) is 0 Å². The van der Waals surface area contributed by atoms with Gasteiger partial charge in [0.15, 0.2) is 11.7 Å². The van der Waals surface area contributed by atoms with E-state index >= 15 is 0 Å². The quantitative estimate of drug-likeness (QED) is 0.470. The first-order valence-electron chi connectivity index (χ1n) is 9.08. The zero-order chi connectivity index (χ0) is 19.6. The lowest BCUT2D eigenvalue weighted by Crippen LogP contribution is -2.42. The molecule has 1 atom stereocenters. The summed E-state index contributed by atoms with van der Waals surface area (Å²) in [5.74, 6) is 0.603. The van der Waals surface area contributed by atoms with E-state index in [0.717, 1.165) is 49.2 Å². The minimum Gasteiger partial charge on any atom is -0.357 e.